The number of carbonyl (C=O) groups is 1. The number of nitrogens with zero attached hydrogens (tertiary/aromatic N) is 3. The molecule has 0 saturated heterocycles. The topological polar surface area (TPSA) is 59.8 Å². The highest BCUT2D eigenvalue weighted by atomic mass is 35.5. The highest BCUT2D eigenvalue weighted by Gasteiger charge is 2.28. The minimum atomic E-state index is -0.143. The summed E-state index contributed by atoms with van der Waals surface area (Å²) in [5.41, 5.74) is 0.916. The van der Waals surface area contributed by atoms with Crippen LogP contribution in [0.25, 0.3) is 0 Å². The first-order chi connectivity index (χ1) is 11.5. The van der Waals surface area contributed by atoms with Gasteiger partial charge in [0.2, 0.25) is 5.91 Å². The number of amides is 1. The molecule has 0 unspecified atom stereocenters. The summed E-state index contributed by atoms with van der Waals surface area (Å²) in [7, 11) is 0. The van der Waals surface area contributed by atoms with E-state index in [0.717, 1.165) is 29.4 Å². The first kappa shape index (κ1) is 17.6. The summed E-state index contributed by atoms with van der Waals surface area (Å²) in [5.74, 6) is 1.16. The molecule has 1 atom stereocenters. The zero-order valence-corrected chi connectivity index (χ0v) is 15.8. The Morgan fingerprint density at radius 1 is 1.38 bits per heavy atom. The SMILES string of the molecule is Cc1nnc(SCC(=O)N[C@@H](C)c2ccc(Cl)c(Cl)c2)n1C1CC1. The van der Waals surface area contributed by atoms with E-state index in [4.69, 9.17) is 23.2 Å². The van der Waals surface area contributed by atoms with E-state index in [1.807, 2.05) is 19.9 Å². The molecule has 0 bridgehead atoms. The number of rotatable bonds is 6. The van der Waals surface area contributed by atoms with Gasteiger partial charge in [0, 0.05) is 6.04 Å². The summed E-state index contributed by atoms with van der Waals surface area (Å²) in [5, 5.41) is 13.1. The monoisotopic (exact) mass is 384 g/mol. The van der Waals surface area contributed by atoms with Crippen molar-refractivity contribution in [2.75, 3.05) is 5.75 Å². The van der Waals surface area contributed by atoms with E-state index in [0.29, 0.717) is 21.8 Å². The summed E-state index contributed by atoms with van der Waals surface area (Å²) < 4.78 is 2.13. The normalized spacial score (nSPS) is 15.3. The van der Waals surface area contributed by atoms with Crippen molar-refractivity contribution in [1.82, 2.24) is 20.1 Å². The molecule has 1 saturated carbocycles. The fraction of sp³-hybridized carbons (Fsp3) is 0.438. The predicted octanol–water partition coefficient (Wildman–Crippen LogP) is 4.20. The van der Waals surface area contributed by atoms with Crippen LogP contribution < -0.4 is 5.32 Å². The zero-order chi connectivity index (χ0) is 17.3. The molecule has 1 aromatic heterocycles. The number of benzene rings is 1. The molecule has 1 heterocycles. The average molecular weight is 385 g/mol. The molecule has 1 aliphatic carbocycles. The molecule has 1 N–H and O–H groups in total. The van der Waals surface area contributed by atoms with Crippen molar-refractivity contribution in [1.29, 1.82) is 0 Å². The molecule has 1 aromatic carbocycles. The van der Waals surface area contributed by atoms with Gasteiger partial charge in [-0.25, -0.2) is 0 Å². The molecular formula is C16H18Cl2N4OS. The molecule has 1 aliphatic rings. The molecule has 1 fully saturated rings. The third-order valence-electron chi connectivity index (χ3n) is 3.90. The molecule has 8 heteroatoms. The van der Waals surface area contributed by atoms with Gasteiger partial charge in [-0.15, -0.1) is 10.2 Å². The molecule has 128 valence electrons. The molecule has 0 radical (unpaired) electrons. The maximum absolute atomic E-state index is 12.2. The second kappa shape index (κ2) is 7.33. The van der Waals surface area contributed by atoms with Crippen molar-refractivity contribution in [3.8, 4) is 0 Å². The van der Waals surface area contributed by atoms with Gasteiger partial charge in [-0.1, -0.05) is 41.0 Å². The van der Waals surface area contributed by atoms with E-state index in [9.17, 15) is 4.79 Å². The standard InChI is InChI=1S/C16H18Cl2N4OS/c1-9(11-3-6-13(17)14(18)7-11)19-15(23)8-24-16-21-20-10(2)22(16)12-4-5-12/h3,6-7,9,12H,4-5,8H2,1-2H3,(H,19,23)/t9-/m0/s1. The van der Waals surface area contributed by atoms with Crippen LogP contribution in [0.2, 0.25) is 10.0 Å². The van der Waals surface area contributed by atoms with Gasteiger partial charge in [-0.05, 0) is 44.4 Å². The van der Waals surface area contributed by atoms with Gasteiger partial charge >= 0.3 is 0 Å². The van der Waals surface area contributed by atoms with E-state index in [1.54, 1.807) is 12.1 Å². The second-order valence-electron chi connectivity index (χ2n) is 5.88. The van der Waals surface area contributed by atoms with Crippen LogP contribution in [0.3, 0.4) is 0 Å². The molecule has 0 aliphatic heterocycles. The summed E-state index contributed by atoms with van der Waals surface area (Å²) >= 11 is 13.4. The number of hydrogen-bond acceptors (Lipinski definition) is 4. The first-order valence-electron chi connectivity index (χ1n) is 7.74. The van der Waals surface area contributed by atoms with Crippen molar-refractivity contribution in [2.45, 2.75) is 43.9 Å². The van der Waals surface area contributed by atoms with E-state index in [2.05, 4.69) is 20.1 Å². The van der Waals surface area contributed by atoms with Crippen molar-refractivity contribution in [3.63, 3.8) is 0 Å². The Labute approximate surface area is 155 Å². The molecular weight excluding hydrogens is 367 g/mol. The fourth-order valence-corrected chi connectivity index (χ4v) is 3.65. The smallest absolute Gasteiger partial charge is 0.230 e. The number of nitrogens with one attached hydrogen (secondary N) is 1. The molecule has 24 heavy (non-hydrogen) atoms. The van der Waals surface area contributed by atoms with Crippen LogP contribution in [0.1, 0.15) is 43.2 Å². The maximum atomic E-state index is 12.2. The van der Waals surface area contributed by atoms with Crippen molar-refractivity contribution < 1.29 is 4.79 Å². The fourth-order valence-electron chi connectivity index (χ4n) is 2.48. The highest BCUT2D eigenvalue weighted by Crippen LogP contribution is 2.38. The molecule has 3 rings (SSSR count). The van der Waals surface area contributed by atoms with Gasteiger partial charge in [-0.3, -0.25) is 4.79 Å². The summed E-state index contributed by atoms with van der Waals surface area (Å²) in [6.45, 7) is 3.86. The highest BCUT2D eigenvalue weighted by molar-refractivity contribution is 7.99. The van der Waals surface area contributed by atoms with Gasteiger partial charge in [0.05, 0.1) is 21.8 Å². The number of carbonyl (C=O) groups excluding carboxylic acids is 1. The Bertz CT molecular complexity index is 761. The number of hydrogen-bond donors (Lipinski definition) is 1. The first-order valence-corrected chi connectivity index (χ1v) is 9.48. The number of thioether (sulfide) groups is 1. The van der Waals surface area contributed by atoms with Crippen LogP contribution in [0, 0.1) is 6.92 Å². The van der Waals surface area contributed by atoms with Crippen molar-refractivity contribution in [3.05, 3.63) is 39.6 Å². The van der Waals surface area contributed by atoms with Gasteiger partial charge in [0.15, 0.2) is 5.16 Å². The Morgan fingerprint density at radius 3 is 2.79 bits per heavy atom. The molecule has 2 aromatic rings. The Kier molecular flexibility index (Phi) is 5.37. The van der Waals surface area contributed by atoms with Gasteiger partial charge < -0.3 is 9.88 Å². The van der Waals surface area contributed by atoms with Crippen LogP contribution in [0.5, 0.6) is 0 Å². The Balaban J connectivity index is 1.56. The van der Waals surface area contributed by atoms with Crippen LogP contribution >= 0.6 is 35.0 Å². The number of aromatic nitrogens is 3. The quantitative estimate of drug-likeness (QED) is 0.758. The van der Waals surface area contributed by atoms with E-state index >= 15 is 0 Å². The van der Waals surface area contributed by atoms with Crippen molar-refractivity contribution in [2.24, 2.45) is 0 Å². The van der Waals surface area contributed by atoms with Gasteiger partial charge in [-0.2, -0.15) is 0 Å². The summed E-state index contributed by atoms with van der Waals surface area (Å²) in [6.07, 6.45) is 2.32. The maximum Gasteiger partial charge on any atom is 0.230 e. The lowest BCUT2D eigenvalue weighted by atomic mass is 10.1. The lowest BCUT2D eigenvalue weighted by Crippen LogP contribution is -2.28. The second-order valence-corrected chi connectivity index (χ2v) is 7.64. The molecule has 0 spiro atoms. The average Bonchev–Trinajstić information content (AvgIpc) is 3.31. The minimum Gasteiger partial charge on any atom is -0.349 e. The van der Waals surface area contributed by atoms with Crippen LogP contribution in [0.15, 0.2) is 23.4 Å². The van der Waals surface area contributed by atoms with Crippen LogP contribution in [-0.4, -0.2) is 26.4 Å². The van der Waals surface area contributed by atoms with Gasteiger partial charge in [0.25, 0.3) is 0 Å². The summed E-state index contributed by atoms with van der Waals surface area (Å²) in [6, 6.07) is 5.72. The number of halogens is 2. The zero-order valence-electron chi connectivity index (χ0n) is 13.4. The lowest BCUT2D eigenvalue weighted by Gasteiger charge is -2.15. The molecule has 5 nitrogen and oxygen atoms in total. The largest absolute Gasteiger partial charge is 0.349 e. The predicted molar refractivity (Wildman–Crippen MR) is 96.8 cm³/mol. The van der Waals surface area contributed by atoms with Crippen LogP contribution in [0.4, 0.5) is 0 Å². The Hall–Kier alpha value is -1.24. The Morgan fingerprint density at radius 2 is 2.12 bits per heavy atom. The van der Waals surface area contributed by atoms with E-state index < -0.39 is 0 Å². The third-order valence-corrected chi connectivity index (χ3v) is 5.58. The summed E-state index contributed by atoms with van der Waals surface area (Å²) in [4.78, 5) is 12.2. The van der Waals surface area contributed by atoms with Crippen molar-refractivity contribution >= 4 is 40.9 Å². The lowest BCUT2D eigenvalue weighted by molar-refractivity contribution is -0.119. The third kappa shape index (κ3) is 4.05. The minimum absolute atomic E-state index is 0.0541. The van der Waals surface area contributed by atoms with Crippen LogP contribution in [-0.2, 0) is 4.79 Å². The van der Waals surface area contributed by atoms with Gasteiger partial charge in [0.1, 0.15) is 5.82 Å². The van der Waals surface area contributed by atoms with E-state index in [1.165, 1.54) is 11.8 Å². The number of aryl methyl sites for hydroxylation is 1. The molecule has 1 amide bonds. The van der Waals surface area contributed by atoms with E-state index in [-0.39, 0.29) is 11.9 Å².